The van der Waals surface area contributed by atoms with Crippen LogP contribution in [-0.2, 0) is 4.74 Å². The fraction of sp³-hybridized carbons (Fsp3) is 0.800. The Morgan fingerprint density at radius 1 is 1.55 bits per heavy atom. The van der Waals surface area contributed by atoms with Gasteiger partial charge < -0.3 is 4.74 Å². The van der Waals surface area contributed by atoms with E-state index in [1.165, 1.54) is 0 Å². The molecule has 1 aliphatic carbocycles. The average molecular weight is 154 g/mol. The quantitative estimate of drug-likeness (QED) is 0.555. The molecule has 1 aliphatic rings. The second-order valence-corrected chi connectivity index (χ2v) is 3.99. The molecule has 0 spiro atoms. The molecule has 0 saturated carbocycles. The van der Waals surface area contributed by atoms with Crippen molar-refractivity contribution in [3.8, 4) is 0 Å². The molecular weight excluding hydrogens is 136 g/mol. The van der Waals surface area contributed by atoms with Crippen molar-refractivity contribution in [1.82, 2.24) is 0 Å². The van der Waals surface area contributed by atoms with Crippen LogP contribution in [0.1, 0.15) is 27.2 Å². The summed E-state index contributed by atoms with van der Waals surface area (Å²) < 4.78 is 5.39. The lowest BCUT2D eigenvalue weighted by Crippen LogP contribution is -2.23. The van der Waals surface area contributed by atoms with Crippen molar-refractivity contribution < 1.29 is 4.74 Å². The summed E-state index contributed by atoms with van der Waals surface area (Å²) >= 11 is 0. The van der Waals surface area contributed by atoms with E-state index in [0.717, 1.165) is 12.3 Å². The molecule has 0 aliphatic heterocycles. The van der Waals surface area contributed by atoms with Gasteiger partial charge in [0.05, 0.1) is 5.60 Å². The van der Waals surface area contributed by atoms with Gasteiger partial charge in [-0.1, -0.05) is 26.0 Å². The number of hydrogen-bond donors (Lipinski definition) is 0. The number of ether oxygens (including phenoxy) is 1. The van der Waals surface area contributed by atoms with E-state index in [1.807, 2.05) is 0 Å². The van der Waals surface area contributed by atoms with E-state index >= 15 is 0 Å². The molecule has 0 radical (unpaired) electrons. The van der Waals surface area contributed by atoms with Gasteiger partial charge >= 0.3 is 0 Å². The Hall–Kier alpha value is -0.300. The maximum atomic E-state index is 5.39. The molecule has 1 heteroatoms. The molecule has 1 rings (SSSR count). The van der Waals surface area contributed by atoms with Crippen LogP contribution in [0.4, 0.5) is 0 Å². The largest absolute Gasteiger partial charge is 0.374 e. The molecular formula is C10H18O. The molecule has 0 aromatic carbocycles. The minimum Gasteiger partial charge on any atom is -0.374 e. The fourth-order valence-corrected chi connectivity index (χ4v) is 1.54. The third kappa shape index (κ3) is 1.84. The first-order valence-electron chi connectivity index (χ1n) is 4.32. The first-order valence-corrected chi connectivity index (χ1v) is 4.32. The lowest BCUT2D eigenvalue weighted by Gasteiger charge is -2.23. The van der Waals surface area contributed by atoms with Crippen molar-refractivity contribution >= 4 is 0 Å². The van der Waals surface area contributed by atoms with Crippen molar-refractivity contribution in [2.24, 2.45) is 11.8 Å². The van der Waals surface area contributed by atoms with Crippen LogP contribution in [0.3, 0.4) is 0 Å². The second kappa shape index (κ2) is 2.98. The first-order chi connectivity index (χ1) is 5.07. The van der Waals surface area contributed by atoms with Gasteiger partial charge in [-0.15, -0.1) is 0 Å². The summed E-state index contributed by atoms with van der Waals surface area (Å²) in [6.45, 7) is 6.67. The summed E-state index contributed by atoms with van der Waals surface area (Å²) in [5.41, 5.74) is 0.00887. The third-order valence-corrected chi connectivity index (χ3v) is 2.66. The lowest BCUT2D eigenvalue weighted by atomic mass is 9.92. The minimum absolute atomic E-state index is 0.00887. The van der Waals surface area contributed by atoms with Crippen LogP contribution in [-0.4, -0.2) is 12.7 Å². The molecule has 1 nitrogen and oxygen atoms in total. The van der Waals surface area contributed by atoms with E-state index in [0.29, 0.717) is 5.92 Å². The maximum absolute atomic E-state index is 5.39. The normalized spacial score (nSPS) is 37.0. The molecule has 0 saturated heterocycles. The molecule has 0 bridgehead atoms. The van der Waals surface area contributed by atoms with E-state index in [-0.39, 0.29) is 5.60 Å². The second-order valence-electron chi connectivity index (χ2n) is 3.99. The summed E-state index contributed by atoms with van der Waals surface area (Å²) in [6.07, 6.45) is 5.62. The number of methoxy groups -OCH3 is 1. The summed E-state index contributed by atoms with van der Waals surface area (Å²) in [4.78, 5) is 0. The lowest BCUT2D eigenvalue weighted by molar-refractivity contribution is 0.0380. The Kier molecular flexibility index (Phi) is 2.38. The molecule has 11 heavy (non-hydrogen) atoms. The molecule has 2 atom stereocenters. The van der Waals surface area contributed by atoms with Crippen molar-refractivity contribution in [3.05, 3.63) is 12.2 Å². The van der Waals surface area contributed by atoms with Gasteiger partial charge in [0.2, 0.25) is 0 Å². The van der Waals surface area contributed by atoms with Crippen LogP contribution in [0.25, 0.3) is 0 Å². The van der Waals surface area contributed by atoms with E-state index in [1.54, 1.807) is 7.11 Å². The Balaban J connectivity index is 2.55. The van der Waals surface area contributed by atoms with Crippen LogP contribution in [0, 0.1) is 11.8 Å². The highest BCUT2D eigenvalue weighted by molar-refractivity contribution is 5.11. The topological polar surface area (TPSA) is 9.23 Å². The summed E-state index contributed by atoms with van der Waals surface area (Å²) in [6, 6.07) is 0. The van der Waals surface area contributed by atoms with Gasteiger partial charge in [0.25, 0.3) is 0 Å². The van der Waals surface area contributed by atoms with E-state index in [2.05, 4.69) is 32.9 Å². The van der Waals surface area contributed by atoms with Crippen LogP contribution >= 0.6 is 0 Å². The van der Waals surface area contributed by atoms with Gasteiger partial charge in [-0.3, -0.25) is 0 Å². The van der Waals surface area contributed by atoms with Gasteiger partial charge in [0.1, 0.15) is 0 Å². The van der Waals surface area contributed by atoms with Crippen LogP contribution in [0.2, 0.25) is 0 Å². The van der Waals surface area contributed by atoms with E-state index < -0.39 is 0 Å². The van der Waals surface area contributed by atoms with Gasteiger partial charge in [-0.05, 0) is 25.2 Å². The zero-order valence-corrected chi connectivity index (χ0v) is 7.92. The molecule has 64 valence electrons. The van der Waals surface area contributed by atoms with Crippen molar-refractivity contribution in [2.45, 2.75) is 32.8 Å². The Bertz CT molecular complexity index is 160. The molecule has 0 N–H and O–H groups in total. The molecule has 0 aromatic heterocycles. The van der Waals surface area contributed by atoms with Crippen LogP contribution < -0.4 is 0 Å². The smallest absolute Gasteiger partial charge is 0.0836 e. The molecule has 0 aromatic rings. The van der Waals surface area contributed by atoms with E-state index in [9.17, 15) is 0 Å². The van der Waals surface area contributed by atoms with E-state index in [4.69, 9.17) is 4.74 Å². The van der Waals surface area contributed by atoms with Gasteiger partial charge in [-0.2, -0.15) is 0 Å². The van der Waals surface area contributed by atoms with Gasteiger partial charge in [0.15, 0.2) is 0 Å². The number of allylic oxidation sites excluding steroid dienone is 1. The standard InChI is InChI=1S/C10H18O/c1-8(2)9-5-6-10(3,7-9)11-4/h5-6,8-9H,7H2,1-4H3. The fourth-order valence-electron chi connectivity index (χ4n) is 1.54. The Morgan fingerprint density at radius 2 is 2.18 bits per heavy atom. The number of rotatable bonds is 2. The highest BCUT2D eigenvalue weighted by Crippen LogP contribution is 2.33. The zero-order valence-electron chi connectivity index (χ0n) is 7.92. The van der Waals surface area contributed by atoms with Crippen LogP contribution in [0.15, 0.2) is 12.2 Å². The first kappa shape index (κ1) is 8.79. The summed E-state index contributed by atoms with van der Waals surface area (Å²) in [5.74, 6) is 1.45. The average Bonchev–Trinajstić information content (AvgIpc) is 2.33. The van der Waals surface area contributed by atoms with Crippen molar-refractivity contribution in [2.75, 3.05) is 7.11 Å². The third-order valence-electron chi connectivity index (χ3n) is 2.66. The van der Waals surface area contributed by atoms with Gasteiger partial charge in [-0.25, -0.2) is 0 Å². The molecule has 0 heterocycles. The predicted octanol–water partition coefficient (Wildman–Crippen LogP) is 2.62. The molecule has 0 fully saturated rings. The van der Waals surface area contributed by atoms with Crippen molar-refractivity contribution in [1.29, 1.82) is 0 Å². The van der Waals surface area contributed by atoms with Crippen LogP contribution in [0.5, 0.6) is 0 Å². The highest BCUT2D eigenvalue weighted by Gasteiger charge is 2.30. The monoisotopic (exact) mass is 154 g/mol. The SMILES string of the molecule is COC1(C)C=CC(C(C)C)C1. The zero-order chi connectivity index (χ0) is 8.48. The summed E-state index contributed by atoms with van der Waals surface area (Å²) in [7, 11) is 1.78. The minimum atomic E-state index is 0.00887. The van der Waals surface area contributed by atoms with Crippen molar-refractivity contribution in [3.63, 3.8) is 0 Å². The number of hydrogen-bond acceptors (Lipinski definition) is 1. The Labute approximate surface area is 69.4 Å². The highest BCUT2D eigenvalue weighted by atomic mass is 16.5. The maximum Gasteiger partial charge on any atom is 0.0836 e. The predicted molar refractivity (Wildman–Crippen MR) is 47.5 cm³/mol. The Morgan fingerprint density at radius 3 is 2.45 bits per heavy atom. The van der Waals surface area contributed by atoms with Gasteiger partial charge in [0, 0.05) is 7.11 Å². The molecule has 2 unspecified atom stereocenters. The summed E-state index contributed by atoms with van der Waals surface area (Å²) in [5, 5.41) is 0. The molecule has 0 amide bonds.